The smallest absolute Gasteiger partial charge is 0.264 e. The van der Waals surface area contributed by atoms with E-state index in [0.29, 0.717) is 16.4 Å². The zero-order chi connectivity index (χ0) is 26.0. The van der Waals surface area contributed by atoms with Crippen molar-refractivity contribution in [2.24, 2.45) is 0 Å². The van der Waals surface area contributed by atoms with Crippen molar-refractivity contribution in [3.63, 3.8) is 0 Å². The molecule has 4 aromatic carbocycles. The molecule has 0 bridgehead atoms. The first-order valence-electron chi connectivity index (χ1n) is 11.4. The molecule has 0 radical (unpaired) electrons. The first-order valence-corrected chi connectivity index (χ1v) is 14.0. The molecule has 1 heterocycles. The third kappa shape index (κ3) is 5.51. The minimum atomic E-state index is -3.99. The van der Waals surface area contributed by atoms with Crippen molar-refractivity contribution < 1.29 is 13.2 Å². The first-order chi connectivity index (χ1) is 17.8. The lowest BCUT2D eigenvalue weighted by atomic mass is 10.2. The van der Waals surface area contributed by atoms with Crippen molar-refractivity contribution in [2.45, 2.75) is 11.8 Å². The summed E-state index contributed by atoms with van der Waals surface area (Å²) in [6.07, 6.45) is 0. The Balaban J connectivity index is 1.36. The SMILES string of the molecule is Cc1ccc2nc(-c3ccc(NC(=O)CN(c4ccc(Cl)cc4)S(=O)(=O)c4ccccc4)cc3)sc2c1. The molecule has 0 unspecified atom stereocenters. The van der Waals surface area contributed by atoms with Crippen LogP contribution in [0.25, 0.3) is 20.8 Å². The molecule has 0 saturated carbocycles. The fourth-order valence-electron chi connectivity index (χ4n) is 3.82. The number of halogens is 1. The maximum absolute atomic E-state index is 13.4. The first kappa shape index (κ1) is 25.0. The van der Waals surface area contributed by atoms with Crippen LogP contribution in [0.3, 0.4) is 0 Å². The van der Waals surface area contributed by atoms with E-state index in [1.54, 1.807) is 65.9 Å². The van der Waals surface area contributed by atoms with Gasteiger partial charge in [0.1, 0.15) is 11.6 Å². The molecule has 37 heavy (non-hydrogen) atoms. The number of amides is 1. The van der Waals surface area contributed by atoms with Gasteiger partial charge in [-0.1, -0.05) is 35.9 Å². The molecule has 1 aromatic heterocycles. The summed E-state index contributed by atoms with van der Waals surface area (Å²) < 4.78 is 29.0. The van der Waals surface area contributed by atoms with Gasteiger partial charge in [0.15, 0.2) is 0 Å². The third-order valence-electron chi connectivity index (χ3n) is 5.69. The molecule has 0 spiro atoms. The minimum Gasteiger partial charge on any atom is -0.325 e. The molecule has 186 valence electrons. The lowest BCUT2D eigenvalue weighted by Gasteiger charge is -2.24. The number of hydrogen-bond acceptors (Lipinski definition) is 5. The van der Waals surface area contributed by atoms with Gasteiger partial charge < -0.3 is 5.32 Å². The lowest BCUT2D eigenvalue weighted by Crippen LogP contribution is -2.38. The van der Waals surface area contributed by atoms with Gasteiger partial charge in [-0.3, -0.25) is 9.10 Å². The van der Waals surface area contributed by atoms with Gasteiger partial charge in [-0.25, -0.2) is 13.4 Å². The summed E-state index contributed by atoms with van der Waals surface area (Å²) in [6.45, 7) is 1.65. The topological polar surface area (TPSA) is 79.4 Å². The molecular formula is C28H22ClN3O3S2. The van der Waals surface area contributed by atoms with E-state index in [4.69, 9.17) is 16.6 Å². The van der Waals surface area contributed by atoms with E-state index in [-0.39, 0.29) is 4.90 Å². The number of nitrogens with zero attached hydrogens (tertiary/aromatic N) is 2. The Kier molecular flexibility index (Phi) is 6.97. The molecule has 0 atom stereocenters. The highest BCUT2D eigenvalue weighted by Crippen LogP contribution is 2.31. The number of anilines is 2. The standard InChI is InChI=1S/C28H22ClN3O3S2/c1-19-7-16-25-26(17-19)36-28(31-25)20-8-12-22(13-9-20)30-27(33)18-32(23-14-10-21(29)11-15-23)37(34,35)24-5-3-2-4-6-24/h2-17H,18H2,1H3,(H,30,33). The number of benzene rings is 4. The second kappa shape index (κ2) is 10.3. The predicted molar refractivity (Wildman–Crippen MR) is 151 cm³/mol. The Hall–Kier alpha value is -3.72. The predicted octanol–water partition coefficient (Wildman–Crippen LogP) is 6.76. The second-order valence-corrected chi connectivity index (χ2v) is 11.7. The Morgan fingerprint density at radius 3 is 2.35 bits per heavy atom. The molecule has 0 saturated heterocycles. The summed E-state index contributed by atoms with van der Waals surface area (Å²) in [4.78, 5) is 17.8. The van der Waals surface area contributed by atoms with Gasteiger partial charge in [0.25, 0.3) is 10.0 Å². The van der Waals surface area contributed by atoms with Gasteiger partial charge in [0.2, 0.25) is 5.91 Å². The van der Waals surface area contributed by atoms with Crippen LogP contribution in [0, 0.1) is 6.92 Å². The van der Waals surface area contributed by atoms with Crippen LogP contribution in [0.5, 0.6) is 0 Å². The van der Waals surface area contributed by atoms with E-state index < -0.39 is 22.5 Å². The Labute approximate surface area is 224 Å². The van der Waals surface area contributed by atoms with Crippen LogP contribution in [0.4, 0.5) is 11.4 Å². The Morgan fingerprint density at radius 2 is 1.65 bits per heavy atom. The summed E-state index contributed by atoms with van der Waals surface area (Å²) >= 11 is 7.61. The summed E-state index contributed by atoms with van der Waals surface area (Å²) in [6, 6.07) is 27.8. The average molecular weight is 548 g/mol. The number of aryl methyl sites for hydroxylation is 1. The molecule has 5 rings (SSSR count). The Bertz CT molecular complexity index is 1670. The number of nitrogens with one attached hydrogen (secondary N) is 1. The van der Waals surface area contributed by atoms with Crippen molar-refractivity contribution in [3.05, 3.63) is 108 Å². The molecule has 0 fully saturated rings. The summed E-state index contributed by atoms with van der Waals surface area (Å²) in [7, 11) is -3.99. The molecule has 5 aromatic rings. The van der Waals surface area contributed by atoms with E-state index in [0.717, 1.165) is 25.1 Å². The quantitative estimate of drug-likeness (QED) is 0.244. The van der Waals surface area contributed by atoms with Crippen LogP contribution in [0.1, 0.15) is 5.56 Å². The van der Waals surface area contributed by atoms with Crippen LogP contribution in [-0.4, -0.2) is 25.9 Å². The summed E-state index contributed by atoms with van der Waals surface area (Å²) in [5.41, 5.74) is 3.96. The average Bonchev–Trinajstić information content (AvgIpc) is 3.32. The van der Waals surface area contributed by atoms with Crippen LogP contribution in [0.2, 0.25) is 5.02 Å². The molecule has 1 N–H and O–H groups in total. The number of hydrogen-bond donors (Lipinski definition) is 1. The van der Waals surface area contributed by atoms with E-state index in [1.807, 2.05) is 24.3 Å². The normalized spacial score (nSPS) is 11.4. The monoisotopic (exact) mass is 547 g/mol. The van der Waals surface area contributed by atoms with Gasteiger partial charge in [-0.05, 0) is 85.3 Å². The van der Waals surface area contributed by atoms with Crippen LogP contribution < -0.4 is 9.62 Å². The van der Waals surface area contributed by atoms with Crippen LogP contribution in [-0.2, 0) is 14.8 Å². The number of aromatic nitrogens is 1. The largest absolute Gasteiger partial charge is 0.325 e. The molecule has 0 aliphatic rings. The van der Waals surface area contributed by atoms with Crippen molar-refractivity contribution in [1.82, 2.24) is 4.98 Å². The minimum absolute atomic E-state index is 0.0909. The van der Waals surface area contributed by atoms with E-state index in [2.05, 4.69) is 18.3 Å². The highest BCUT2D eigenvalue weighted by atomic mass is 35.5. The molecule has 6 nitrogen and oxygen atoms in total. The summed E-state index contributed by atoms with van der Waals surface area (Å²) in [5.74, 6) is -0.474. The zero-order valence-corrected chi connectivity index (χ0v) is 22.1. The summed E-state index contributed by atoms with van der Waals surface area (Å²) in [5, 5.41) is 4.16. The van der Waals surface area contributed by atoms with Crippen LogP contribution in [0.15, 0.2) is 102 Å². The van der Waals surface area contributed by atoms with E-state index in [9.17, 15) is 13.2 Å². The third-order valence-corrected chi connectivity index (χ3v) is 8.80. The second-order valence-electron chi connectivity index (χ2n) is 8.42. The highest BCUT2D eigenvalue weighted by molar-refractivity contribution is 7.92. The zero-order valence-electron chi connectivity index (χ0n) is 19.8. The fraction of sp³-hybridized carbons (Fsp3) is 0.0714. The number of sulfonamides is 1. The van der Waals surface area contributed by atoms with Gasteiger partial charge in [-0.2, -0.15) is 0 Å². The number of carbonyl (C=O) groups is 1. The van der Waals surface area contributed by atoms with Gasteiger partial charge >= 0.3 is 0 Å². The van der Waals surface area contributed by atoms with E-state index in [1.165, 1.54) is 17.7 Å². The fourth-order valence-corrected chi connectivity index (χ4v) is 6.46. The van der Waals surface area contributed by atoms with Crippen molar-refractivity contribution >= 4 is 60.5 Å². The Morgan fingerprint density at radius 1 is 0.946 bits per heavy atom. The number of rotatable bonds is 7. The number of carbonyl (C=O) groups excluding carboxylic acids is 1. The van der Waals surface area contributed by atoms with E-state index >= 15 is 0 Å². The maximum Gasteiger partial charge on any atom is 0.264 e. The molecule has 0 aliphatic carbocycles. The molecule has 9 heteroatoms. The highest BCUT2D eigenvalue weighted by Gasteiger charge is 2.27. The molecular weight excluding hydrogens is 526 g/mol. The van der Waals surface area contributed by atoms with Crippen molar-refractivity contribution in [1.29, 1.82) is 0 Å². The number of fused-ring (bicyclic) bond motifs is 1. The lowest BCUT2D eigenvalue weighted by molar-refractivity contribution is -0.114. The maximum atomic E-state index is 13.4. The van der Waals surface area contributed by atoms with Crippen LogP contribution >= 0.6 is 22.9 Å². The van der Waals surface area contributed by atoms with Gasteiger partial charge in [0, 0.05) is 16.3 Å². The van der Waals surface area contributed by atoms with Gasteiger partial charge in [-0.15, -0.1) is 11.3 Å². The molecule has 0 aliphatic heterocycles. The van der Waals surface area contributed by atoms with Gasteiger partial charge in [0.05, 0.1) is 20.8 Å². The van der Waals surface area contributed by atoms with Crippen molar-refractivity contribution in [2.75, 3.05) is 16.2 Å². The van der Waals surface area contributed by atoms with Crippen molar-refractivity contribution in [3.8, 4) is 10.6 Å². The molecule has 1 amide bonds. The number of thiazole rings is 1.